The van der Waals surface area contributed by atoms with Gasteiger partial charge in [0.1, 0.15) is 12.4 Å². The molecule has 0 aliphatic rings. The van der Waals surface area contributed by atoms with Gasteiger partial charge in [-0.05, 0) is 65.5 Å². The minimum absolute atomic E-state index is 0.0602. The van der Waals surface area contributed by atoms with Gasteiger partial charge in [-0.1, -0.05) is 69.3 Å². The van der Waals surface area contributed by atoms with Gasteiger partial charge >= 0.3 is 11.9 Å². The second kappa shape index (κ2) is 11.3. The Bertz CT molecular complexity index is 1490. The highest BCUT2D eigenvalue weighted by Crippen LogP contribution is 2.39. The summed E-state index contributed by atoms with van der Waals surface area (Å²) in [4.78, 5) is 25.5. The Morgan fingerprint density at radius 2 is 1.56 bits per heavy atom. The van der Waals surface area contributed by atoms with Gasteiger partial charge in [-0.15, -0.1) is 0 Å². The van der Waals surface area contributed by atoms with Crippen molar-refractivity contribution in [3.63, 3.8) is 0 Å². The van der Waals surface area contributed by atoms with Crippen LogP contribution in [0, 0.1) is 0 Å². The average Bonchev–Trinajstić information content (AvgIpc) is 2.91. The van der Waals surface area contributed by atoms with E-state index in [2.05, 4.69) is 39.2 Å². The molecule has 0 amide bonds. The summed E-state index contributed by atoms with van der Waals surface area (Å²) in [7, 11) is -0.709. The van der Waals surface area contributed by atoms with Crippen molar-refractivity contribution < 1.29 is 23.5 Å². The summed E-state index contributed by atoms with van der Waals surface area (Å²) in [5.74, 6) is -0.194. The second-order valence-corrected chi connectivity index (χ2v) is 15.7. The Kier molecular flexibility index (Phi) is 8.11. The van der Waals surface area contributed by atoms with Gasteiger partial charge in [-0.25, -0.2) is 9.59 Å². The third-order valence-electron chi connectivity index (χ3n) is 7.18. The fourth-order valence-corrected chi connectivity index (χ4v) is 4.91. The van der Waals surface area contributed by atoms with Crippen LogP contribution in [-0.4, -0.2) is 27.4 Å². The Labute approximate surface area is 231 Å². The zero-order valence-electron chi connectivity index (χ0n) is 23.3. The van der Waals surface area contributed by atoms with Crippen LogP contribution in [0.4, 0.5) is 11.4 Å². The van der Waals surface area contributed by atoms with Crippen LogP contribution in [0.15, 0.2) is 84.9 Å². The first kappa shape index (κ1) is 27.9. The molecule has 0 unspecified atom stereocenters. The lowest BCUT2D eigenvalue weighted by Gasteiger charge is -2.36. The molecule has 0 spiro atoms. The van der Waals surface area contributed by atoms with E-state index in [0.29, 0.717) is 16.8 Å². The van der Waals surface area contributed by atoms with Crippen LogP contribution in [0.2, 0.25) is 18.1 Å². The normalized spacial score (nSPS) is 11.6. The lowest BCUT2D eigenvalue weighted by Crippen LogP contribution is -2.43. The SMILES string of the molecule is COC(=O)c1ccc(C(=O)OCc2ccccc2)cc1Nc1cccc2ccc(O[Si](C)(C)C(C)(C)C)cc12. The standard InChI is InChI=1S/C32H35NO5Si/c1-32(2,3)39(5,6)38-25-17-15-23-13-10-14-28(27(23)20-25)33-29-19-24(16-18-26(29)31(35)36-4)30(34)37-21-22-11-8-7-9-12-22/h7-20,33H,21H2,1-6H3. The smallest absolute Gasteiger partial charge is 0.339 e. The molecule has 0 aromatic heterocycles. The van der Waals surface area contributed by atoms with Crippen LogP contribution in [0.3, 0.4) is 0 Å². The molecular formula is C32H35NO5Si. The number of carbonyl (C=O) groups is 2. The van der Waals surface area contributed by atoms with E-state index in [4.69, 9.17) is 13.9 Å². The second-order valence-electron chi connectivity index (χ2n) is 11.0. The Morgan fingerprint density at radius 1 is 0.821 bits per heavy atom. The first-order chi connectivity index (χ1) is 18.5. The molecule has 0 saturated heterocycles. The van der Waals surface area contributed by atoms with Crippen molar-refractivity contribution in [1.29, 1.82) is 0 Å². The first-order valence-electron chi connectivity index (χ1n) is 12.9. The monoisotopic (exact) mass is 541 g/mol. The third kappa shape index (κ3) is 6.49. The summed E-state index contributed by atoms with van der Waals surface area (Å²) in [5.41, 5.74) is 2.74. The van der Waals surface area contributed by atoms with E-state index in [1.54, 1.807) is 18.2 Å². The molecule has 0 radical (unpaired) electrons. The summed E-state index contributed by atoms with van der Waals surface area (Å²) in [6, 6.07) is 26.2. The number of methoxy groups -OCH3 is 1. The van der Waals surface area contributed by atoms with Gasteiger partial charge in [0.15, 0.2) is 0 Å². The summed E-state index contributed by atoms with van der Waals surface area (Å²) in [5, 5.41) is 5.37. The third-order valence-corrected chi connectivity index (χ3v) is 11.5. The number of hydrogen-bond acceptors (Lipinski definition) is 6. The van der Waals surface area contributed by atoms with Crippen LogP contribution in [-0.2, 0) is 16.1 Å². The number of nitrogens with one attached hydrogen (secondary N) is 1. The summed E-state index contributed by atoms with van der Waals surface area (Å²) >= 11 is 0. The van der Waals surface area contributed by atoms with Crippen molar-refractivity contribution in [2.45, 2.75) is 45.5 Å². The van der Waals surface area contributed by atoms with E-state index in [9.17, 15) is 9.59 Å². The molecule has 4 aromatic rings. The van der Waals surface area contributed by atoms with Gasteiger partial charge in [-0.2, -0.15) is 0 Å². The highest BCUT2D eigenvalue weighted by molar-refractivity contribution is 6.74. The van der Waals surface area contributed by atoms with Gasteiger partial charge in [0, 0.05) is 11.1 Å². The highest BCUT2D eigenvalue weighted by Gasteiger charge is 2.39. The highest BCUT2D eigenvalue weighted by atomic mass is 28.4. The molecule has 4 rings (SSSR count). The zero-order valence-corrected chi connectivity index (χ0v) is 24.3. The molecule has 0 bridgehead atoms. The number of fused-ring (bicyclic) bond motifs is 1. The van der Waals surface area contributed by atoms with Crippen molar-refractivity contribution in [3.05, 3.63) is 102 Å². The van der Waals surface area contributed by atoms with E-state index in [-0.39, 0.29) is 11.6 Å². The maximum atomic E-state index is 12.9. The molecule has 4 aromatic carbocycles. The fourth-order valence-electron chi connectivity index (χ4n) is 3.89. The molecule has 1 N–H and O–H groups in total. The molecule has 202 valence electrons. The predicted octanol–water partition coefficient (Wildman–Crippen LogP) is 8.11. The lowest BCUT2D eigenvalue weighted by molar-refractivity contribution is 0.0471. The van der Waals surface area contributed by atoms with E-state index in [0.717, 1.165) is 27.8 Å². The Hall–Kier alpha value is -4.10. The average molecular weight is 542 g/mol. The van der Waals surface area contributed by atoms with E-state index in [1.165, 1.54) is 7.11 Å². The van der Waals surface area contributed by atoms with Crippen molar-refractivity contribution in [2.24, 2.45) is 0 Å². The van der Waals surface area contributed by atoms with E-state index >= 15 is 0 Å². The lowest BCUT2D eigenvalue weighted by atomic mass is 10.1. The van der Waals surface area contributed by atoms with Crippen LogP contribution in [0.5, 0.6) is 5.75 Å². The van der Waals surface area contributed by atoms with Gasteiger partial charge in [-0.3, -0.25) is 0 Å². The molecule has 39 heavy (non-hydrogen) atoms. The van der Waals surface area contributed by atoms with Gasteiger partial charge < -0.3 is 19.2 Å². The summed E-state index contributed by atoms with van der Waals surface area (Å²) in [6.45, 7) is 11.2. The maximum Gasteiger partial charge on any atom is 0.339 e. The molecule has 7 heteroatoms. The van der Waals surface area contributed by atoms with Crippen molar-refractivity contribution >= 4 is 42.4 Å². The quantitative estimate of drug-likeness (QED) is 0.179. The van der Waals surface area contributed by atoms with Gasteiger partial charge in [0.05, 0.1) is 23.9 Å². The van der Waals surface area contributed by atoms with Crippen LogP contribution in [0.25, 0.3) is 10.8 Å². The molecule has 0 saturated carbocycles. The number of anilines is 2. The molecule has 0 aliphatic carbocycles. The fraction of sp³-hybridized carbons (Fsp3) is 0.250. The predicted molar refractivity (Wildman–Crippen MR) is 158 cm³/mol. The van der Waals surface area contributed by atoms with Crippen LogP contribution >= 0.6 is 0 Å². The topological polar surface area (TPSA) is 73.9 Å². The van der Waals surface area contributed by atoms with Crippen molar-refractivity contribution in [1.82, 2.24) is 0 Å². The van der Waals surface area contributed by atoms with Gasteiger partial charge in [0.25, 0.3) is 0 Å². The molecule has 6 nitrogen and oxygen atoms in total. The molecule has 0 heterocycles. The zero-order chi connectivity index (χ0) is 28.2. The number of benzene rings is 4. The van der Waals surface area contributed by atoms with Gasteiger partial charge in [0.2, 0.25) is 8.32 Å². The summed E-state index contributed by atoms with van der Waals surface area (Å²) < 4.78 is 17.1. The van der Waals surface area contributed by atoms with Crippen LogP contribution < -0.4 is 9.74 Å². The molecule has 0 atom stereocenters. The van der Waals surface area contributed by atoms with E-state index < -0.39 is 20.3 Å². The number of esters is 2. The van der Waals surface area contributed by atoms with Crippen molar-refractivity contribution in [3.8, 4) is 5.75 Å². The van der Waals surface area contributed by atoms with E-state index in [1.807, 2.05) is 66.7 Å². The number of carbonyl (C=O) groups excluding carboxylic acids is 2. The van der Waals surface area contributed by atoms with Crippen molar-refractivity contribution in [2.75, 3.05) is 12.4 Å². The number of ether oxygens (including phenoxy) is 2. The minimum atomic E-state index is -2.04. The first-order valence-corrected chi connectivity index (χ1v) is 15.8. The molecular weight excluding hydrogens is 506 g/mol. The maximum absolute atomic E-state index is 12.9. The molecule has 0 fully saturated rings. The molecule has 0 aliphatic heterocycles. The Balaban J connectivity index is 1.67. The number of rotatable bonds is 8. The largest absolute Gasteiger partial charge is 0.543 e. The van der Waals surface area contributed by atoms with Crippen LogP contribution in [0.1, 0.15) is 47.1 Å². The Morgan fingerprint density at radius 3 is 2.26 bits per heavy atom. The summed E-state index contributed by atoms with van der Waals surface area (Å²) in [6.07, 6.45) is 0. The minimum Gasteiger partial charge on any atom is -0.543 e. The number of hydrogen-bond donors (Lipinski definition) is 1.